The molecule has 1 aromatic carbocycles. The zero-order valence-corrected chi connectivity index (χ0v) is 11.0. The van der Waals surface area contributed by atoms with Crippen LogP contribution in [0.25, 0.3) is 11.3 Å². The molecule has 1 saturated carbocycles. The Hall–Kier alpha value is -1.55. The van der Waals surface area contributed by atoms with Crippen LogP contribution in [0.3, 0.4) is 0 Å². The summed E-state index contributed by atoms with van der Waals surface area (Å²) >= 11 is 6.05. The Morgan fingerprint density at radius 3 is 2.37 bits per heavy atom. The van der Waals surface area contributed by atoms with Crippen LogP contribution in [0.5, 0.6) is 0 Å². The van der Waals surface area contributed by atoms with Crippen molar-refractivity contribution in [2.45, 2.75) is 25.7 Å². The van der Waals surface area contributed by atoms with Crippen LogP contribution < -0.4 is 0 Å². The highest BCUT2D eigenvalue weighted by Crippen LogP contribution is 2.40. The summed E-state index contributed by atoms with van der Waals surface area (Å²) in [7, 11) is 0. The summed E-state index contributed by atoms with van der Waals surface area (Å²) in [6, 6.07) is 3.75. The van der Waals surface area contributed by atoms with Gasteiger partial charge in [-0.25, -0.2) is 18.7 Å². The summed E-state index contributed by atoms with van der Waals surface area (Å²) in [6.45, 7) is 1.67. The first-order chi connectivity index (χ1) is 9.08. The highest BCUT2D eigenvalue weighted by Gasteiger charge is 2.29. The topological polar surface area (TPSA) is 25.8 Å². The smallest absolute Gasteiger partial charge is 0.136 e. The van der Waals surface area contributed by atoms with Gasteiger partial charge in [0.2, 0.25) is 0 Å². The predicted molar refractivity (Wildman–Crippen MR) is 69.1 cm³/mol. The highest BCUT2D eigenvalue weighted by atomic mass is 35.5. The summed E-state index contributed by atoms with van der Waals surface area (Å²) in [5.41, 5.74) is 0.610. The van der Waals surface area contributed by atoms with E-state index in [-0.39, 0.29) is 22.3 Å². The maximum absolute atomic E-state index is 13.9. The molecule has 1 fully saturated rings. The van der Waals surface area contributed by atoms with Crippen LogP contribution in [0, 0.1) is 18.6 Å². The minimum Gasteiger partial charge on any atom is -0.232 e. The minimum atomic E-state index is -0.639. The molecule has 0 radical (unpaired) electrons. The van der Waals surface area contributed by atoms with Crippen molar-refractivity contribution in [2.24, 2.45) is 0 Å². The van der Waals surface area contributed by atoms with E-state index in [9.17, 15) is 8.78 Å². The molecule has 0 aliphatic heterocycles. The van der Waals surface area contributed by atoms with Gasteiger partial charge in [0.1, 0.15) is 22.6 Å². The molecule has 0 spiro atoms. The van der Waals surface area contributed by atoms with Crippen molar-refractivity contribution in [1.82, 2.24) is 9.97 Å². The molecule has 0 bridgehead atoms. The van der Waals surface area contributed by atoms with Crippen LogP contribution in [0.1, 0.15) is 30.1 Å². The quantitative estimate of drug-likeness (QED) is 0.768. The fourth-order valence-corrected chi connectivity index (χ4v) is 2.17. The van der Waals surface area contributed by atoms with E-state index >= 15 is 0 Å². The van der Waals surface area contributed by atoms with Gasteiger partial charge >= 0.3 is 0 Å². The maximum Gasteiger partial charge on any atom is 0.136 e. The van der Waals surface area contributed by atoms with Crippen molar-refractivity contribution in [2.75, 3.05) is 0 Å². The van der Waals surface area contributed by atoms with Crippen LogP contribution in [-0.2, 0) is 0 Å². The lowest BCUT2D eigenvalue weighted by Crippen LogP contribution is -2.02. The number of rotatable bonds is 2. The summed E-state index contributed by atoms with van der Waals surface area (Å²) in [5, 5.41) is 0.259. The van der Waals surface area contributed by atoms with E-state index in [1.807, 2.05) is 0 Å². The minimum absolute atomic E-state index is 0.133. The number of hydrogen-bond donors (Lipinski definition) is 0. The van der Waals surface area contributed by atoms with Crippen LogP contribution in [0.4, 0.5) is 8.78 Å². The SMILES string of the molecule is Cc1c(Cl)nc(C2CC2)nc1-c1c(F)cccc1F. The summed E-state index contributed by atoms with van der Waals surface area (Å²) in [5.74, 6) is -0.431. The van der Waals surface area contributed by atoms with E-state index in [1.54, 1.807) is 6.92 Å². The molecule has 1 aliphatic carbocycles. The monoisotopic (exact) mass is 280 g/mol. The molecule has 98 valence electrons. The van der Waals surface area contributed by atoms with E-state index in [4.69, 9.17) is 11.6 Å². The fraction of sp³-hybridized carbons (Fsp3) is 0.286. The van der Waals surface area contributed by atoms with E-state index in [0.29, 0.717) is 11.4 Å². The molecule has 0 N–H and O–H groups in total. The van der Waals surface area contributed by atoms with Gasteiger partial charge in [-0.3, -0.25) is 0 Å². The molecule has 0 saturated heterocycles. The number of halogens is 3. The molecule has 0 unspecified atom stereocenters. The second kappa shape index (κ2) is 4.53. The van der Waals surface area contributed by atoms with E-state index < -0.39 is 11.6 Å². The normalized spacial score (nSPS) is 14.7. The van der Waals surface area contributed by atoms with Gasteiger partial charge in [0.15, 0.2) is 0 Å². The number of benzene rings is 1. The lowest BCUT2D eigenvalue weighted by Gasteiger charge is -2.10. The van der Waals surface area contributed by atoms with Gasteiger partial charge in [0.05, 0.1) is 11.3 Å². The van der Waals surface area contributed by atoms with Crippen LogP contribution >= 0.6 is 11.6 Å². The van der Waals surface area contributed by atoms with Crippen molar-refractivity contribution in [3.63, 3.8) is 0 Å². The van der Waals surface area contributed by atoms with E-state index in [2.05, 4.69) is 9.97 Å². The van der Waals surface area contributed by atoms with Gasteiger partial charge in [-0.05, 0) is 31.9 Å². The second-order valence-electron chi connectivity index (χ2n) is 4.72. The largest absolute Gasteiger partial charge is 0.232 e. The Morgan fingerprint density at radius 1 is 1.16 bits per heavy atom. The first kappa shape index (κ1) is 12.5. The Bertz CT molecular complexity index is 634. The van der Waals surface area contributed by atoms with Crippen molar-refractivity contribution in [3.8, 4) is 11.3 Å². The van der Waals surface area contributed by atoms with Gasteiger partial charge in [0, 0.05) is 11.5 Å². The molecule has 1 aliphatic rings. The number of hydrogen-bond acceptors (Lipinski definition) is 2. The zero-order chi connectivity index (χ0) is 13.6. The molecular formula is C14H11ClF2N2. The molecule has 3 rings (SSSR count). The molecular weight excluding hydrogens is 270 g/mol. The predicted octanol–water partition coefficient (Wildman–Crippen LogP) is 4.26. The molecule has 1 heterocycles. The average molecular weight is 281 g/mol. The van der Waals surface area contributed by atoms with Crippen molar-refractivity contribution >= 4 is 11.6 Å². The molecule has 19 heavy (non-hydrogen) atoms. The number of aromatic nitrogens is 2. The number of nitrogens with zero attached hydrogens (tertiary/aromatic N) is 2. The summed E-state index contributed by atoms with van der Waals surface area (Å²) < 4.78 is 27.7. The van der Waals surface area contributed by atoms with Crippen molar-refractivity contribution in [3.05, 3.63) is 46.4 Å². The average Bonchev–Trinajstić information content (AvgIpc) is 3.18. The maximum atomic E-state index is 13.9. The van der Waals surface area contributed by atoms with E-state index in [1.165, 1.54) is 18.2 Å². The molecule has 2 aromatic rings. The molecule has 1 aromatic heterocycles. The Morgan fingerprint density at radius 2 is 1.79 bits per heavy atom. The molecule has 0 atom stereocenters. The lowest BCUT2D eigenvalue weighted by molar-refractivity contribution is 0.588. The van der Waals surface area contributed by atoms with Crippen LogP contribution in [0.15, 0.2) is 18.2 Å². The Labute approximate surface area is 114 Å². The van der Waals surface area contributed by atoms with Gasteiger partial charge in [-0.1, -0.05) is 17.7 Å². The zero-order valence-electron chi connectivity index (χ0n) is 10.3. The third-order valence-electron chi connectivity index (χ3n) is 3.25. The van der Waals surface area contributed by atoms with Crippen molar-refractivity contribution in [1.29, 1.82) is 0 Å². The van der Waals surface area contributed by atoms with Crippen LogP contribution in [-0.4, -0.2) is 9.97 Å². The standard InChI is InChI=1S/C14H11ClF2N2/c1-7-12(11-9(16)3-2-4-10(11)17)18-14(8-5-6-8)19-13(7)15/h2-4,8H,5-6H2,1H3. The summed E-state index contributed by atoms with van der Waals surface area (Å²) in [4.78, 5) is 8.50. The molecule has 5 heteroatoms. The Kier molecular flexibility index (Phi) is 2.97. The fourth-order valence-electron chi connectivity index (χ4n) is 2.00. The third-order valence-corrected chi connectivity index (χ3v) is 3.61. The van der Waals surface area contributed by atoms with Gasteiger partial charge in [0.25, 0.3) is 0 Å². The Balaban J connectivity index is 2.24. The van der Waals surface area contributed by atoms with Gasteiger partial charge in [-0.15, -0.1) is 0 Å². The second-order valence-corrected chi connectivity index (χ2v) is 5.08. The summed E-state index contributed by atoms with van der Waals surface area (Å²) in [6.07, 6.45) is 2.00. The van der Waals surface area contributed by atoms with Gasteiger partial charge < -0.3 is 0 Å². The van der Waals surface area contributed by atoms with Gasteiger partial charge in [-0.2, -0.15) is 0 Å². The van der Waals surface area contributed by atoms with Crippen molar-refractivity contribution < 1.29 is 8.78 Å². The highest BCUT2D eigenvalue weighted by molar-refractivity contribution is 6.30. The third kappa shape index (κ3) is 2.21. The van der Waals surface area contributed by atoms with E-state index in [0.717, 1.165) is 12.8 Å². The first-order valence-electron chi connectivity index (χ1n) is 6.06. The molecule has 2 nitrogen and oxygen atoms in total. The molecule has 0 amide bonds. The lowest BCUT2D eigenvalue weighted by atomic mass is 10.1. The first-order valence-corrected chi connectivity index (χ1v) is 6.44. The van der Waals surface area contributed by atoms with Crippen LogP contribution in [0.2, 0.25) is 5.15 Å².